The third-order valence-corrected chi connectivity index (χ3v) is 4.72. The monoisotopic (exact) mass is 316 g/mol. The molecule has 1 atom stereocenters. The number of carboxylic acid groups (broad SMARTS) is 1. The van der Waals surface area contributed by atoms with Crippen molar-refractivity contribution < 1.29 is 9.90 Å². The number of thiophene rings is 1. The number of fused-ring (bicyclic) bond motifs is 1. The zero-order valence-corrected chi connectivity index (χ0v) is 13.3. The normalized spacial score (nSPS) is 12.9. The van der Waals surface area contributed by atoms with Gasteiger partial charge in [0.2, 0.25) is 0 Å². The van der Waals surface area contributed by atoms with Gasteiger partial charge in [0.05, 0.1) is 4.88 Å². The maximum absolute atomic E-state index is 11.2. The number of aliphatic carboxylic acids is 1. The molecule has 0 aliphatic carbocycles. The van der Waals surface area contributed by atoms with E-state index in [2.05, 4.69) is 47.6 Å². The first-order valence-corrected chi connectivity index (χ1v) is 7.89. The molecule has 0 spiro atoms. The topological polar surface area (TPSA) is 80.9 Å². The second kappa shape index (κ2) is 5.49. The Morgan fingerprint density at radius 1 is 1.32 bits per heavy atom. The van der Waals surface area contributed by atoms with E-state index < -0.39 is 12.0 Å². The minimum Gasteiger partial charge on any atom is -0.480 e. The lowest BCUT2D eigenvalue weighted by atomic mass is 10.0. The first kappa shape index (κ1) is 14.6. The third-order valence-electron chi connectivity index (χ3n) is 3.71. The van der Waals surface area contributed by atoms with Gasteiger partial charge in [-0.15, -0.1) is 16.4 Å². The van der Waals surface area contributed by atoms with E-state index in [1.807, 2.05) is 5.38 Å². The van der Waals surface area contributed by atoms with Crippen molar-refractivity contribution in [2.45, 2.75) is 32.7 Å². The average Bonchev–Trinajstić information content (AvgIpc) is 3.11. The average molecular weight is 316 g/mol. The van der Waals surface area contributed by atoms with E-state index >= 15 is 0 Å². The van der Waals surface area contributed by atoms with Gasteiger partial charge in [0.25, 0.3) is 0 Å². The summed E-state index contributed by atoms with van der Waals surface area (Å²) in [5.74, 6) is -0.0424. The fraction of sp³-hybridized carbons (Fsp3) is 0.333. The molecule has 6 nitrogen and oxygen atoms in total. The summed E-state index contributed by atoms with van der Waals surface area (Å²) in [7, 11) is 0. The van der Waals surface area contributed by atoms with Gasteiger partial charge >= 0.3 is 5.97 Å². The number of benzene rings is 1. The van der Waals surface area contributed by atoms with Crippen LogP contribution in [0.1, 0.15) is 38.3 Å². The Labute approximate surface area is 131 Å². The van der Waals surface area contributed by atoms with Gasteiger partial charge in [0, 0.05) is 5.39 Å². The molecule has 1 aromatic carbocycles. The van der Waals surface area contributed by atoms with E-state index in [9.17, 15) is 9.90 Å². The van der Waals surface area contributed by atoms with Crippen LogP contribution in [0.15, 0.2) is 23.6 Å². The third kappa shape index (κ3) is 2.37. The summed E-state index contributed by atoms with van der Waals surface area (Å²) in [6.45, 7) is 5.85. The van der Waals surface area contributed by atoms with Gasteiger partial charge in [-0.05, 0) is 45.7 Å². The Morgan fingerprint density at radius 3 is 2.77 bits per heavy atom. The van der Waals surface area contributed by atoms with Crippen molar-refractivity contribution in [1.29, 1.82) is 0 Å². The molecule has 0 fully saturated rings. The van der Waals surface area contributed by atoms with E-state index in [-0.39, 0.29) is 0 Å². The molecule has 0 saturated carbocycles. The Morgan fingerprint density at radius 2 is 2.09 bits per heavy atom. The number of hydrogen-bond acceptors (Lipinski definition) is 5. The molecule has 2 heterocycles. The van der Waals surface area contributed by atoms with Crippen molar-refractivity contribution in [3.63, 3.8) is 0 Å². The van der Waals surface area contributed by atoms with Crippen LogP contribution in [0.25, 0.3) is 21.5 Å². The smallest absolute Gasteiger partial charge is 0.328 e. The predicted molar refractivity (Wildman–Crippen MR) is 85.1 cm³/mol. The summed E-state index contributed by atoms with van der Waals surface area (Å²) in [4.78, 5) is 12.1. The fourth-order valence-electron chi connectivity index (χ4n) is 2.30. The number of carbonyl (C=O) groups is 1. The van der Waals surface area contributed by atoms with Crippen molar-refractivity contribution >= 4 is 28.1 Å². The number of carboxylic acids is 1. The van der Waals surface area contributed by atoms with Crippen LogP contribution in [0, 0.1) is 0 Å². The van der Waals surface area contributed by atoms with Gasteiger partial charge in [-0.25, -0.2) is 9.48 Å². The van der Waals surface area contributed by atoms with E-state index in [0.717, 1.165) is 15.6 Å². The van der Waals surface area contributed by atoms with Crippen LogP contribution in [0.3, 0.4) is 0 Å². The molecule has 114 valence electrons. The van der Waals surface area contributed by atoms with Crippen LogP contribution in [0.2, 0.25) is 0 Å². The van der Waals surface area contributed by atoms with Crippen molar-refractivity contribution in [3.05, 3.63) is 29.1 Å². The Hall–Kier alpha value is -2.28. The molecule has 3 aromatic rings. The summed E-state index contributed by atoms with van der Waals surface area (Å²) in [6.07, 6.45) is 0. The molecule has 1 unspecified atom stereocenters. The second-order valence-corrected chi connectivity index (χ2v) is 6.41. The van der Waals surface area contributed by atoms with E-state index in [1.54, 1.807) is 6.92 Å². The Balaban J connectivity index is 2.17. The van der Waals surface area contributed by atoms with Crippen LogP contribution in [-0.4, -0.2) is 31.3 Å². The molecule has 0 saturated heterocycles. The summed E-state index contributed by atoms with van der Waals surface area (Å²) in [5, 5.41) is 24.9. The molecular formula is C15H16N4O2S. The summed E-state index contributed by atoms with van der Waals surface area (Å²) < 4.78 is 1.36. The predicted octanol–water partition coefficient (Wildman–Crippen LogP) is 3.32. The number of hydrogen-bond donors (Lipinski definition) is 1. The van der Waals surface area contributed by atoms with Crippen LogP contribution < -0.4 is 0 Å². The standard InChI is InChI=1S/C15H16N4O2S/c1-8(2)10-4-5-11-7-22-13(12(11)6-10)14-16-17-18-19(14)9(3)15(20)21/h4-9H,1-3H3,(H,20,21). The largest absolute Gasteiger partial charge is 0.480 e. The van der Waals surface area contributed by atoms with Gasteiger partial charge in [0.1, 0.15) is 0 Å². The van der Waals surface area contributed by atoms with Crippen LogP contribution in [0.5, 0.6) is 0 Å². The Bertz CT molecular complexity index is 837. The van der Waals surface area contributed by atoms with Crippen molar-refractivity contribution in [3.8, 4) is 10.7 Å². The maximum atomic E-state index is 11.2. The number of nitrogens with zero attached hydrogens (tertiary/aromatic N) is 4. The van der Waals surface area contributed by atoms with E-state index in [1.165, 1.54) is 21.6 Å². The van der Waals surface area contributed by atoms with Gasteiger partial charge < -0.3 is 5.11 Å². The lowest BCUT2D eigenvalue weighted by Crippen LogP contribution is -2.17. The Kier molecular flexibility index (Phi) is 3.66. The van der Waals surface area contributed by atoms with Gasteiger partial charge in [0.15, 0.2) is 11.9 Å². The zero-order chi connectivity index (χ0) is 15.9. The van der Waals surface area contributed by atoms with Crippen LogP contribution in [-0.2, 0) is 4.79 Å². The summed E-state index contributed by atoms with van der Waals surface area (Å²) >= 11 is 1.53. The van der Waals surface area contributed by atoms with Crippen molar-refractivity contribution in [2.75, 3.05) is 0 Å². The molecule has 22 heavy (non-hydrogen) atoms. The molecule has 0 amide bonds. The molecule has 0 bridgehead atoms. The minimum absolute atomic E-state index is 0.422. The molecule has 0 aliphatic heterocycles. The van der Waals surface area contributed by atoms with Gasteiger partial charge in [-0.1, -0.05) is 26.0 Å². The highest BCUT2D eigenvalue weighted by atomic mass is 32.1. The van der Waals surface area contributed by atoms with Crippen molar-refractivity contribution in [1.82, 2.24) is 20.2 Å². The molecule has 0 aliphatic rings. The fourth-order valence-corrected chi connectivity index (χ4v) is 3.29. The molecule has 1 N–H and O–H groups in total. The molecule has 7 heteroatoms. The highest BCUT2D eigenvalue weighted by Gasteiger charge is 2.22. The van der Waals surface area contributed by atoms with E-state index in [0.29, 0.717) is 11.7 Å². The van der Waals surface area contributed by atoms with Crippen LogP contribution in [0.4, 0.5) is 0 Å². The number of tetrazole rings is 1. The highest BCUT2D eigenvalue weighted by molar-refractivity contribution is 7.15. The maximum Gasteiger partial charge on any atom is 0.328 e. The molecule has 3 rings (SSSR count). The lowest BCUT2D eigenvalue weighted by molar-refractivity contribution is -0.140. The van der Waals surface area contributed by atoms with Gasteiger partial charge in [-0.3, -0.25) is 0 Å². The van der Waals surface area contributed by atoms with Crippen molar-refractivity contribution in [2.24, 2.45) is 0 Å². The summed E-state index contributed by atoms with van der Waals surface area (Å²) in [5.41, 5.74) is 1.23. The molecule has 0 radical (unpaired) electrons. The van der Waals surface area contributed by atoms with E-state index in [4.69, 9.17) is 0 Å². The number of rotatable bonds is 4. The van der Waals surface area contributed by atoms with Crippen LogP contribution >= 0.6 is 11.3 Å². The second-order valence-electron chi connectivity index (χ2n) is 5.53. The summed E-state index contributed by atoms with van der Waals surface area (Å²) in [6, 6.07) is 5.53. The number of aromatic nitrogens is 4. The zero-order valence-electron chi connectivity index (χ0n) is 12.5. The first-order valence-electron chi connectivity index (χ1n) is 7.01. The molecular weight excluding hydrogens is 300 g/mol. The minimum atomic E-state index is -0.961. The molecule has 2 aromatic heterocycles. The highest BCUT2D eigenvalue weighted by Crippen LogP contribution is 2.35. The lowest BCUT2D eigenvalue weighted by Gasteiger charge is -2.09. The first-order chi connectivity index (χ1) is 10.5. The SMILES string of the molecule is CC(C)c1ccc2csc(-c3nnnn3C(C)C(=O)O)c2c1. The van der Waals surface area contributed by atoms with Gasteiger partial charge in [-0.2, -0.15) is 0 Å². The quantitative estimate of drug-likeness (QED) is 0.798.